The number of hydrogen-bond donors (Lipinski definition) is 3. The first-order valence-electron chi connectivity index (χ1n) is 11.6. The van der Waals surface area contributed by atoms with Crippen LogP contribution in [0.25, 0.3) is 0 Å². The van der Waals surface area contributed by atoms with Gasteiger partial charge in [-0.1, -0.05) is 35.0 Å². The van der Waals surface area contributed by atoms with Gasteiger partial charge in [0.25, 0.3) is 5.91 Å². The van der Waals surface area contributed by atoms with Crippen LogP contribution in [0.5, 0.6) is 0 Å². The summed E-state index contributed by atoms with van der Waals surface area (Å²) < 4.78 is 15.2. The van der Waals surface area contributed by atoms with Crippen molar-refractivity contribution in [1.29, 1.82) is 0 Å². The third-order valence-electron chi connectivity index (χ3n) is 5.86. The molecule has 3 N–H and O–H groups in total. The molecule has 0 saturated carbocycles. The molecule has 194 valence electrons. The number of nitrogens with zero attached hydrogens (tertiary/aromatic N) is 1. The van der Waals surface area contributed by atoms with E-state index in [0.29, 0.717) is 12.4 Å². The summed E-state index contributed by atoms with van der Waals surface area (Å²) in [6.07, 6.45) is 0.282. The van der Waals surface area contributed by atoms with Crippen LogP contribution in [-0.2, 0) is 30.3 Å². The minimum absolute atomic E-state index is 0.0143. The summed E-state index contributed by atoms with van der Waals surface area (Å²) in [5.74, 6) is -1.59. The summed E-state index contributed by atoms with van der Waals surface area (Å²) in [6.45, 7) is 6.93. The predicted octanol–water partition coefficient (Wildman–Crippen LogP) is 0.626. The van der Waals surface area contributed by atoms with Gasteiger partial charge in [0.1, 0.15) is 23.4 Å². The maximum Gasteiger partial charge on any atom is 0.274 e. The van der Waals surface area contributed by atoms with Crippen LogP contribution in [0, 0.1) is 13.8 Å². The quantitative estimate of drug-likeness (QED) is 0.359. The van der Waals surface area contributed by atoms with Gasteiger partial charge in [-0.3, -0.25) is 19.2 Å². The molecule has 1 fully saturated rings. The average molecular weight is 501 g/mol. The monoisotopic (exact) mass is 500 g/mol. The van der Waals surface area contributed by atoms with Crippen LogP contribution >= 0.6 is 0 Å². The molecule has 0 bridgehead atoms. The fourth-order valence-electron chi connectivity index (χ4n) is 3.52. The molecule has 1 aliphatic heterocycles. The molecule has 2 heterocycles. The molecule has 1 saturated heterocycles. The molecular formula is C25H32N4O7. The van der Waals surface area contributed by atoms with E-state index >= 15 is 0 Å². The Morgan fingerprint density at radius 2 is 1.72 bits per heavy atom. The van der Waals surface area contributed by atoms with Crippen molar-refractivity contribution in [3.8, 4) is 0 Å². The van der Waals surface area contributed by atoms with E-state index < -0.39 is 41.4 Å². The molecule has 11 heteroatoms. The first-order valence-corrected chi connectivity index (χ1v) is 11.6. The van der Waals surface area contributed by atoms with Crippen LogP contribution in [-0.4, -0.2) is 72.7 Å². The molecule has 11 nitrogen and oxygen atoms in total. The average Bonchev–Trinajstić information content (AvgIpc) is 3.44. The van der Waals surface area contributed by atoms with Gasteiger partial charge in [0.05, 0.1) is 19.3 Å². The SMILES string of the molecule is COC[C@H](NC(=O)c1cc(C)on1)C(=O)N[C@@H](C)C(=O)N[C@@H](Cc1ccc(C)cc1)C(=O)[C@@]1(C)CO1. The molecule has 0 spiro atoms. The summed E-state index contributed by atoms with van der Waals surface area (Å²) in [5, 5.41) is 11.5. The summed E-state index contributed by atoms with van der Waals surface area (Å²) in [7, 11) is 1.38. The lowest BCUT2D eigenvalue weighted by Crippen LogP contribution is -2.56. The third kappa shape index (κ3) is 6.98. The zero-order valence-electron chi connectivity index (χ0n) is 21.0. The van der Waals surface area contributed by atoms with Gasteiger partial charge >= 0.3 is 0 Å². The number of aromatic nitrogens is 1. The van der Waals surface area contributed by atoms with Crippen LogP contribution in [0.1, 0.15) is 41.2 Å². The minimum atomic E-state index is -1.08. The number of methoxy groups -OCH3 is 1. The Morgan fingerprint density at radius 1 is 1.06 bits per heavy atom. The number of epoxide rings is 1. The second kappa shape index (κ2) is 11.4. The Kier molecular flexibility index (Phi) is 8.59. The van der Waals surface area contributed by atoms with Gasteiger partial charge in [0, 0.05) is 13.2 Å². The number of aryl methyl sites for hydroxylation is 2. The lowest BCUT2D eigenvalue weighted by molar-refractivity contribution is -0.133. The number of ether oxygens (including phenoxy) is 2. The van der Waals surface area contributed by atoms with Gasteiger partial charge in [-0.2, -0.15) is 0 Å². The molecule has 1 aromatic carbocycles. The minimum Gasteiger partial charge on any atom is -0.382 e. The van der Waals surface area contributed by atoms with Gasteiger partial charge in [-0.25, -0.2) is 0 Å². The van der Waals surface area contributed by atoms with Gasteiger partial charge < -0.3 is 29.9 Å². The van der Waals surface area contributed by atoms with Crippen LogP contribution in [0.4, 0.5) is 0 Å². The van der Waals surface area contributed by atoms with E-state index in [1.807, 2.05) is 31.2 Å². The summed E-state index contributed by atoms with van der Waals surface area (Å²) >= 11 is 0. The molecule has 2 aromatic rings. The van der Waals surface area contributed by atoms with E-state index in [-0.39, 0.29) is 24.5 Å². The number of benzene rings is 1. The highest BCUT2D eigenvalue weighted by molar-refractivity contribution is 5.99. The zero-order chi connectivity index (χ0) is 26.5. The highest BCUT2D eigenvalue weighted by Gasteiger charge is 2.50. The van der Waals surface area contributed by atoms with Crippen molar-refractivity contribution in [2.24, 2.45) is 0 Å². The Hall–Kier alpha value is -3.57. The summed E-state index contributed by atoms with van der Waals surface area (Å²) in [6, 6.07) is 6.18. The number of rotatable bonds is 12. The van der Waals surface area contributed by atoms with Crippen molar-refractivity contribution < 1.29 is 33.2 Å². The van der Waals surface area contributed by atoms with Gasteiger partial charge in [-0.15, -0.1) is 0 Å². The van der Waals surface area contributed by atoms with E-state index in [9.17, 15) is 19.2 Å². The molecule has 1 aromatic heterocycles. The Labute approximate surface area is 209 Å². The van der Waals surface area contributed by atoms with E-state index in [0.717, 1.165) is 11.1 Å². The molecule has 0 unspecified atom stereocenters. The second-order valence-electron chi connectivity index (χ2n) is 9.17. The van der Waals surface area contributed by atoms with Crippen molar-refractivity contribution >= 4 is 23.5 Å². The van der Waals surface area contributed by atoms with E-state index in [2.05, 4.69) is 21.1 Å². The number of ketones is 1. The van der Waals surface area contributed by atoms with Crippen molar-refractivity contribution in [2.45, 2.75) is 57.8 Å². The van der Waals surface area contributed by atoms with Crippen LogP contribution < -0.4 is 16.0 Å². The molecule has 3 amide bonds. The predicted molar refractivity (Wildman–Crippen MR) is 128 cm³/mol. The first-order chi connectivity index (χ1) is 17.0. The fraction of sp³-hybridized carbons (Fsp3) is 0.480. The first kappa shape index (κ1) is 27.0. The maximum absolute atomic E-state index is 13.0. The zero-order valence-corrected chi connectivity index (χ0v) is 21.0. The van der Waals surface area contributed by atoms with Crippen molar-refractivity contribution in [1.82, 2.24) is 21.1 Å². The third-order valence-corrected chi connectivity index (χ3v) is 5.86. The highest BCUT2D eigenvalue weighted by Crippen LogP contribution is 2.29. The Bertz CT molecular complexity index is 1110. The maximum atomic E-state index is 13.0. The summed E-state index contributed by atoms with van der Waals surface area (Å²) in [5.41, 5.74) is 1.05. The summed E-state index contributed by atoms with van der Waals surface area (Å²) in [4.78, 5) is 51.2. The lowest BCUT2D eigenvalue weighted by atomic mass is 9.94. The fourth-order valence-corrected chi connectivity index (χ4v) is 3.52. The van der Waals surface area contributed by atoms with Crippen molar-refractivity contribution in [3.63, 3.8) is 0 Å². The van der Waals surface area contributed by atoms with Gasteiger partial charge in [-0.05, 0) is 39.7 Å². The largest absolute Gasteiger partial charge is 0.382 e. The molecule has 0 radical (unpaired) electrons. The second-order valence-corrected chi connectivity index (χ2v) is 9.17. The standard InChI is InChI=1S/C25H32N4O7/c1-14-6-8-17(9-7-14)11-18(21(30)25(4)13-35-25)27-22(31)16(3)26-24(33)20(12-34-5)28-23(32)19-10-15(2)36-29-19/h6-10,16,18,20H,11-13H2,1-5H3,(H,26,33)(H,27,31)(H,28,32)/t16-,18-,20-,25+/m0/s1. The van der Waals surface area contributed by atoms with Gasteiger partial charge in [0.2, 0.25) is 11.8 Å². The van der Waals surface area contributed by atoms with Crippen LogP contribution in [0.15, 0.2) is 34.9 Å². The Balaban J connectivity index is 1.63. The van der Waals surface area contributed by atoms with Crippen LogP contribution in [0.2, 0.25) is 0 Å². The van der Waals surface area contributed by atoms with Crippen LogP contribution in [0.3, 0.4) is 0 Å². The van der Waals surface area contributed by atoms with Gasteiger partial charge in [0.15, 0.2) is 11.5 Å². The highest BCUT2D eigenvalue weighted by atomic mass is 16.6. The molecule has 1 aliphatic rings. The molecular weight excluding hydrogens is 468 g/mol. The number of nitrogens with one attached hydrogen (secondary N) is 3. The molecule has 0 aliphatic carbocycles. The lowest BCUT2D eigenvalue weighted by Gasteiger charge is -2.24. The van der Waals surface area contributed by atoms with E-state index in [1.165, 1.54) is 20.1 Å². The number of Topliss-reactive ketones (excluding diaryl/α,β-unsaturated/α-hetero) is 1. The molecule has 4 atom stereocenters. The Morgan fingerprint density at radius 3 is 2.28 bits per heavy atom. The van der Waals surface area contributed by atoms with Crippen molar-refractivity contribution in [2.75, 3.05) is 20.3 Å². The topological polar surface area (TPSA) is 152 Å². The number of amides is 3. The number of carbonyl (C=O) groups excluding carboxylic acids is 4. The van der Waals surface area contributed by atoms with E-state index in [4.69, 9.17) is 14.0 Å². The smallest absolute Gasteiger partial charge is 0.274 e. The normalized spacial score (nSPS) is 19.0. The van der Waals surface area contributed by atoms with E-state index in [1.54, 1.807) is 13.8 Å². The number of hydrogen-bond acceptors (Lipinski definition) is 8. The molecule has 3 rings (SSSR count). The number of carbonyl (C=O) groups is 4. The molecule has 36 heavy (non-hydrogen) atoms. The van der Waals surface area contributed by atoms with Crippen molar-refractivity contribution in [3.05, 3.63) is 52.9 Å².